The molecule has 2 rings (SSSR count). The van der Waals surface area contributed by atoms with E-state index in [1.807, 2.05) is 0 Å². The largest absolute Gasteiger partial charge is 0.391 e. The molecular formula is C8H12N2O3S2. The number of rotatable bonds is 2. The van der Waals surface area contributed by atoms with Crippen molar-refractivity contribution in [3.05, 3.63) is 12.1 Å². The van der Waals surface area contributed by atoms with Crippen LogP contribution in [0.1, 0.15) is 0 Å². The molecule has 2 N–H and O–H groups in total. The first-order chi connectivity index (χ1) is 7.10. The predicted molar refractivity (Wildman–Crippen MR) is 58.3 cm³/mol. The Labute approximate surface area is 92.5 Å². The summed E-state index contributed by atoms with van der Waals surface area (Å²) in [6.45, 7) is 1.75. The summed E-state index contributed by atoms with van der Waals surface area (Å²) in [6.07, 6.45) is 0. The number of hydrogen-bond donors (Lipinski definition) is 1. The van der Waals surface area contributed by atoms with Crippen molar-refractivity contribution in [3.63, 3.8) is 0 Å². The molecule has 1 fully saturated rings. The Bertz CT molecular complexity index is 434. The zero-order chi connectivity index (χ0) is 10.9. The van der Waals surface area contributed by atoms with Crippen LogP contribution in [-0.2, 0) is 14.8 Å². The van der Waals surface area contributed by atoms with Crippen molar-refractivity contribution >= 4 is 26.4 Å². The summed E-state index contributed by atoms with van der Waals surface area (Å²) < 4.78 is 30.9. The minimum absolute atomic E-state index is 0.307. The number of ether oxygens (including phenoxy) is 1. The van der Waals surface area contributed by atoms with E-state index in [4.69, 9.17) is 10.5 Å². The topological polar surface area (TPSA) is 72.6 Å². The Kier molecular flexibility index (Phi) is 2.96. The molecule has 0 amide bonds. The zero-order valence-electron chi connectivity index (χ0n) is 8.05. The normalized spacial score (nSPS) is 19.2. The van der Waals surface area contributed by atoms with E-state index in [9.17, 15) is 8.42 Å². The first kappa shape index (κ1) is 10.9. The van der Waals surface area contributed by atoms with Gasteiger partial charge >= 0.3 is 0 Å². The smallest absolute Gasteiger partial charge is 0.252 e. The van der Waals surface area contributed by atoms with Crippen LogP contribution < -0.4 is 5.73 Å². The molecule has 1 aliphatic rings. The van der Waals surface area contributed by atoms with Gasteiger partial charge in [0.1, 0.15) is 4.21 Å². The lowest BCUT2D eigenvalue weighted by atomic mass is 10.5. The highest BCUT2D eigenvalue weighted by atomic mass is 32.2. The summed E-state index contributed by atoms with van der Waals surface area (Å²) in [6, 6.07) is 3.16. The maximum Gasteiger partial charge on any atom is 0.252 e. The number of nitrogen functional groups attached to an aromatic ring is 1. The first-order valence-electron chi connectivity index (χ1n) is 4.54. The van der Waals surface area contributed by atoms with E-state index in [0.29, 0.717) is 35.5 Å². The number of anilines is 1. The van der Waals surface area contributed by atoms with Crippen LogP contribution in [0.15, 0.2) is 16.3 Å². The monoisotopic (exact) mass is 248 g/mol. The number of nitrogens with zero attached hydrogens (tertiary/aromatic N) is 1. The third-order valence-corrected chi connectivity index (χ3v) is 5.45. The van der Waals surface area contributed by atoms with Gasteiger partial charge in [-0.15, -0.1) is 11.3 Å². The first-order valence-corrected chi connectivity index (χ1v) is 6.79. The van der Waals surface area contributed by atoms with Crippen LogP contribution >= 0.6 is 11.3 Å². The number of hydrogen-bond acceptors (Lipinski definition) is 5. The third kappa shape index (κ3) is 2.15. The quantitative estimate of drug-likeness (QED) is 0.819. The van der Waals surface area contributed by atoms with Crippen LogP contribution in [0.4, 0.5) is 5.00 Å². The van der Waals surface area contributed by atoms with Crippen molar-refractivity contribution in [1.82, 2.24) is 4.31 Å². The van der Waals surface area contributed by atoms with Gasteiger partial charge in [-0.25, -0.2) is 8.42 Å². The van der Waals surface area contributed by atoms with E-state index in [1.54, 1.807) is 12.1 Å². The van der Waals surface area contributed by atoms with Crippen LogP contribution in [0, 0.1) is 0 Å². The average molecular weight is 248 g/mol. The van der Waals surface area contributed by atoms with Crippen LogP contribution in [0.2, 0.25) is 0 Å². The molecule has 5 nitrogen and oxygen atoms in total. The van der Waals surface area contributed by atoms with Gasteiger partial charge < -0.3 is 10.5 Å². The maximum absolute atomic E-state index is 12.0. The highest BCUT2D eigenvalue weighted by Crippen LogP contribution is 2.26. The fourth-order valence-electron chi connectivity index (χ4n) is 1.39. The van der Waals surface area contributed by atoms with Gasteiger partial charge in [0.05, 0.1) is 18.2 Å². The van der Waals surface area contributed by atoms with Crippen LogP contribution in [-0.4, -0.2) is 39.0 Å². The lowest BCUT2D eigenvalue weighted by Crippen LogP contribution is -2.40. The Morgan fingerprint density at radius 2 is 2.00 bits per heavy atom. The van der Waals surface area contributed by atoms with Gasteiger partial charge in [0.15, 0.2) is 0 Å². The molecule has 84 valence electrons. The second kappa shape index (κ2) is 4.09. The van der Waals surface area contributed by atoms with Gasteiger partial charge in [-0.05, 0) is 12.1 Å². The molecule has 0 bridgehead atoms. The van der Waals surface area contributed by atoms with Crippen molar-refractivity contribution in [2.75, 3.05) is 32.0 Å². The predicted octanol–water partition coefficient (Wildman–Crippen LogP) is 0.351. The Morgan fingerprint density at radius 1 is 1.33 bits per heavy atom. The van der Waals surface area contributed by atoms with Gasteiger partial charge in [0, 0.05) is 13.1 Å². The van der Waals surface area contributed by atoms with Crippen molar-refractivity contribution < 1.29 is 13.2 Å². The molecule has 0 unspecified atom stereocenters. The van der Waals surface area contributed by atoms with Crippen molar-refractivity contribution in [1.29, 1.82) is 0 Å². The summed E-state index contributed by atoms with van der Waals surface area (Å²) in [5, 5.41) is 0.516. The molecule has 0 spiro atoms. The molecule has 7 heteroatoms. The minimum Gasteiger partial charge on any atom is -0.391 e. The maximum atomic E-state index is 12.0. The second-order valence-corrected chi connectivity index (χ2v) is 6.45. The van der Waals surface area contributed by atoms with Gasteiger partial charge in [-0.3, -0.25) is 0 Å². The Balaban J connectivity index is 2.26. The van der Waals surface area contributed by atoms with E-state index in [1.165, 1.54) is 4.31 Å². The fourth-order valence-corrected chi connectivity index (χ4v) is 4.04. The molecule has 0 atom stereocenters. The standard InChI is InChI=1S/C8H12N2O3S2/c9-7-1-2-8(14-7)15(11,12)10-3-5-13-6-4-10/h1-2H,3-6,9H2. The third-order valence-electron chi connectivity index (χ3n) is 2.17. The van der Waals surface area contributed by atoms with E-state index < -0.39 is 10.0 Å². The van der Waals surface area contributed by atoms with Gasteiger partial charge in [-0.2, -0.15) is 4.31 Å². The lowest BCUT2D eigenvalue weighted by Gasteiger charge is -2.25. The molecule has 2 heterocycles. The molecule has 0 aliphatic carbocycles. The van der Waals surface area contributed by atoms with E-state index >= 15 is 0 Å². The minimum atomic E-state index is -3.35. The molecule has 0 radical (unpaired) electrons. The molecular weight excluding hydrogens is 236 g/mol. The molecule has 1 aromatic rings. The van der Waals surface area contributed by atoms with E-state index in [2.05, 4.69) is 0 Å². The SMILES string of the molecule is Nc1ccc(S(=O)(=O)N2CCOCC2)s1. The van der Waals surface area contributed by atoms with Crippen molar-refractivity contribution in [2.45, 2.75) is 4.21 Å². The molecule has 15 heavy (non-hydrogen) atoms. The number of sulfonamides is 1. The highest BCUT2D eigenvalue weighted by Gasteiger charge is 2.27. The van der Waals surface area contributed by atoms with Gasteiger partial charge in [0.2, 0.25) is 0 Å². The Morgan fingerprint density at radius 3 is 2.53 bits per heavy atom. The summed E-state index contributed by atoms with van der Waals surface area (Å²) in [5.41, 5.74) is 5.52. The molecule has 0 saturated carbocycles. The van der Waals surface area contributed by atoms with Crippen LogP contribution in [0.5, 0.6) is 0 Å². The number of nitrogens with two attached hydrogens (primary N) is 1. The fraction of sp³-hybridized carbons (Fsp3) is 0.500. The van der Waals surface area contributed by atoms with Crippen molar-refractivity contribution in [2.24, 2.45) is 0 Å². The highest BCUT2D eigenvalue weighted by molar-refractivity contribution is 7.91. The summed E-state index contributed by atoms with van der Waals surface area (Å²) >= 11 is 1.10. The van der Waals surface area contributed by atoms with E-state index in [-0.39, 0.29) is 0 Å². The average Bonchev–Trinajstić information content (AvgIpc) is 2.67. The summed E-state index contributed by atoms with van der Waals surface area (Å²) in [4.78, 5) is 0. The van der Waals surface area contributed by atoms with Crippen LogP contribution in [0.3, 0.4) is 0 Å². The van der Waals surface area contributed by atoms with Crippen molar-refractivity contribution in [3.8, 4) is 0 Å². The molecule has 1 saturated heterocycles. The Hall–Kier alpha value is -0.630. The number of morpholine rings is 1. The zero-order valence-corrected chi connectivity index (χ0v) is 9.68. The second-order valence-electron chi connectivity index (χ2n) is 3.17. The molecule has 0 aromatic carbocycles. The van der Waals surface area contributed by atoms with Gasteiger partial charge in [-0.1, -0.05) is 0 Å². The summed E-state index contributed by atoms with van der Waals surface area (Å²) in [7, 11) is -3.35. The number of thiophene rings is 1. The van der Waals surface area contributed by atoms with E-state index in [0.717, 1.165) is 11.3 Å². The molecule has 1 aromatic heterocycles. The van der Waals surface area contributed by atoms with Gasteiger partial charge in [0.25, 0.3) is 10.0 Å². The van der Waals surface area contributed by atoms with Crippen LogP contribution in [0.25, 0.3) is 0 Å². The molecule has 1 aliphatic heterocycles. The lowest BCUT2D eigenvalue weighted by molar-refractivity contribution is 0.0731. The summed E-state index contributed by atoms with van der Waals surface area (Å²) in [5.74, 6) is 0.